The van der Waals surface area contributed by atoms with E-state index in [-0.39, 0.29) is 0 Å². The van der Waals surface area contributed by atoms with Gasteiger partial charge in [0, 0.05) is 0 Å². The Balaban J connectivity index is 1.82. The van der Waals surface area contributed by atoms with Crippen LogP contribution < -0.4 is 0 Å². The molecular formula is C18H28O17. The number of ether oxygens (including phenoxy) is 5. The lowest BCUT2D eigenvalue weighted by atomic mass is 9.96. The summed E-state index contributed by atoms with van der Waals surface area (Å²) >= 11 is 0. The van der Waals surface area contributed by atoms with Crippen LogP contribution in [0.15, 0.2) is 0 Å². The minimum atomic E-state index is -2.17. The number of aliphatic carboxylic acids is 2. The van der Waals surface area contributed by atoms with Gasteiger partial charge in [-0.2, -0.15) is 0 Å². The van der Waals surface area contributed by atoms with Crippen molar-refractivity contribution in [3.05, 3.63) is 0 Å². The molecule has 3 saturated heterocycles. The van der Waals surface area contributed by atoms with Gasteiger partial charge in [0.25, 0.3) is 0 Å². The predicted octanol–water partition coefficient (Wildman–Crippen LogP) is -6.36. The lowest BCUT2D eigenvalue weighted by Gasteiger charge is -2.46. The van der Waals surface area contributed by atoms with Crippen molar-refractivity contribution in [3.63, 3.8) is 0 Å². The molecule has 0 spiro atoms. The highest BCUT2D eigenvalue weighted by molar-refractivity contribution is 5.74. The van der Waals surface area contributed by atoms with Gasteiger partial charge in [-0.15, -0.1) is 0 Å². The summed E-state index contributed by atoms with van der Waals surface area (Å²) in [4.78, 5) is 22.9. The van der Waals surface area contributed by atoms with Crippen LogP contribution in [0.3, 0.4) is 0 Å². The van der Waals surface area contributed by atoms with Gasteiger partial charge in [0.1, 0.15) is 54.9 Å². The highest BCUT2D eigenvalue weighted by atomic mass is 16.8. The first-order valence-electron chi connectivity index (χ1n) is 10.4. The summed E-state index contributed by atoms with van der Waals surface area (Å²) in [5.74, 6) is -3.52. The minimum Gasteiger partial charge on any atom is -0.479 e. The van der Waals surface area contributed by atoms with Crippen LogP contribution in [-0.2, 0) is 33.3 Å². The number of hydrogen-bond acceptors (Lipinski definition) is 15. The van der Waals surface area contributed by atoms with Crippen molar-refractivity contribution in [2.75, 3.05) is 0 Å². The Labute approximate surface area is 196 Å². The van der Waals surface area contributed by atoms with Crippen molar-refractivity contribution in [2.45, 2.75) is 99.0 Å². The number of hydrogen-bond donors (Lipinski definition) is 10. The Morgan fingerprint density at radius 2 is 1.06 bits per heavy atom. The highest BCUT2D eigenvalue weighted by Crippen LogP contribution is 2.32. The lowest BCUT2D eigenvalue weighted by molar-refractivity contribution is -0.375. The van der Waals surface area contributed by atoms with Crippen LogP contribution in [0, 0.1) is 0 Å². The Morgan fingerprint density at radius 3 is 1.60 bits per heavy atom. The first-order chi connectivity index (χ1) is 16.3. The van der Waals surface area contributed by atoms with E-state index in [9.17, 15) is 55.5 Å². The summed E-state index contributed by atoms with van der Waals surface area (Å²) in [6.45, 7) is 1.34. The maximum atomic E-state index is 11.6. The van der Waals surface area contributed by atoms with Crippen LogP contribution >= 0.6 is 0 Å². The number of aliphatic hydroxyl groups is 8. The van der Waals surface area contributed by atoms with Crippen LogP contribution in [0.1, 0.15) is 6.92 Å². The maximum Gasteiger partial charge on any atom is 0.335 e. The largest absolute Gasteiger partial charge is 0.479 e. The first kappa shape index (κ1) is 28.0. The third-order valence-corrected chi connectivity index (χ3v) is 5.98. The summed E-state index contributed by atoms with van der Waals surface area (Å²) in [6.07, 6.45) is -29.0. The van der Waals surface area contributed by atoms with E-state index in [1.165, 1.54) is 6.92 Å². The van der Waals surface area contributed by atoms with Crippen molar-refractivity contribution < 1.29 is 84.3 Å². The Kier molecular flexibility index (Phi) is 8.65. The molecule has 10 N–H and O–H groups in total. The molecule has 3 heterocycles. The molecule has 17 heteroatoms. The molecule has 3 fully saturated rings. The smallest absolute Gasteiger partial charge is 0.335 e. The molecule has 0 aromatic heterocycles. The summed E-state index contributed by atoms with van der Waals surface area (Å²) in [5.41, 5.74) is 0. The molecule has 3 aliphatic rings. The second-order valence-corrected chi connectivity index (χ2v) is 8.39. The summed E-state index contributed by atoms with van der Waals surface area (Å²) in [7, 11) is 0. The summed E-state index contributed by atoms with van der Waals surface area (Å²) in [5, 5.41) is 99.7. The van der Waals surface area contributed by atoms with Crippen molar-refractivity contribution >= 4 is 11.9 Å². The molecule has 0 saturated carbocycles. The quantitative estimate of drug-likeness (QED) is 0.157. The fourth-order valence-corrected chi connectivity index (χ4v) is 3.95. The molecule has 202 valence electrons. The van der Waals surface area contributed by atoms with Gasteiger partial charge in [0.2, 0.25) is 0 Å². The van der Waals surface area contributed by atoms with Crippen LogP contribution in [0.25, 0.3) is 0 Å². The molecule has 3 rings (SSSR count). The zero-order chi connectivity index (χ0) is 26.4. The third-order valence-electron chi connectivity index (χ3n) is 5.98. The molecule has 0 aliphatic carbocycles. The fraction of sp³-hybridized carbons (Fsp3) is 0.889. The van der Waals surface area contributed by atoms with Gasteiger partial charge in [0.15, 0.2) is 31.1 Å². The van der Waals surface area contributed by atoms with Gasteiger partial charge >= 0.3 is 11.9 Å². The van der Waals surface area contributed by atoms with E-state index in [2.05, 4.69) is 0 Å². The van der Waals surface area contributed by atoms with E-state index in [1.54, 1.807) is 0 Å². The molecule has 0 unspecified atom stereocenters. The van der Waals surface area contributed by atoms with Crippen molar-refractivity contribution in [3.8, 4) is 0 Å². The third kappa shape index (κ3) is 5.42. The number of rotatable bonds is 6. The normalized spacial score (nSPS) is 51.1. The maximum absolute atomic E-state index is 11.6. The van der Waals surface area contributed by atoms with E-state index in [4.69, 9.17) is 28.8 Å². The Bertz CT molecular complexity index is 765. The van der Waals surface area contributed by atoms with E-state index >= 15 is 0 Å². The molecule has 15 atom stereocenters. The van der Waals surface area contributed by atoms with E-state index in [0.29, 0.717) is 0 Å². The molecule has 17 nitrogen and oxygen atoms in total. The second-order valence-electron chi connectivity index (χ2n) is 8.39. The van der Waals surface area contributed by atoms with Gasteiger partial charge in [-0.3, -0.25) is 0 Å². The second kappa shape index (κ2) is 10.8. The number of aliphatic hydroxyl groups excluding tert-OH is 8. The minimum absolute atomic E-state index is 1.02. The average molecular weight is 516 g/mol. The monoisotopic (exact) mass is 516 g/mol. The lowest BCUT2D eigenvalue weighted by Crippen LogP contribution is -2.67. The van der Waals surface area contributed by atoms with Gasteiger partial charge in [-0.25, -0.2) is 9.59 Å². The van der Waals surface area contributed by atoms with E-state index < -0.39 is 104 Å². The standard InChI is InChI=1S/C18H28O17/c1-2-3(19)5(21)13(16(30)31-2)35-18-9(25)10(8(24)12(34-18)15(28)29)32-17-7(23)4(20)6(22)11(33-17)14(26)27/h2-13,16-25,30H,1H3,(H,26,27)(H,28,29)/t2-,3-,4-,5+,6-,7+,8+,9+,10-,11-,12-,13+,16+,17+,18+/m0/s1. The van der Waals surface area contributed by atoms with E-state index in [1.807, 2.05) is 0 Å². The summed E-state index contributed by atoms with van der Waals surface area (Å²) in [6, 6.07) is 0. The topological polar surface area (TPSA) is 283 Å². The number of carboxylic acid groups (broad SMARTS) is 2. The van der Waals surface area contributed by atoms with E-state index in [0.717, 1.165) is 0 Å². The SMILES string of the molecule is C[C@@H]1O[C@@H](O)[C@H](O[C@H]2O[C@H](C(=O)O)[C@H](O)[C@H](O[C@@H]3O[C@H](C(=O)O)[C@@H](O)[C@H](O)[C@H]3O)[C@H]2O)[C@H](O)[C@H]1O. The van der Waals surface area contributed by atoms with Crippen LogP contribution in [0.5, 0.6) is 0 Å². The van der Waals surface area contributed by atoms with Crippen LogP contribution in [0.4, 0.5) is 0 Å². The molecule has 0 amide bonds. The zero-order valence-electron chi connectivity index (χ0n) is 18.0. The zero-order valence-corrected chi connectivity index (χ0v) is 18.0. The van der Waals surface area contributed by atoms with Gasteiger partial charge in [-0.1, -0.05) is 0 Å². The summed E-state index contributed by atoms with van der Waals surface area (Å²) < 4.78 is 25.4. The average Bonchev–Trinajstić information content (AvgIpc) is 2.78. The van der Waals surface area contributed by atoms with Crippen molar-refractivity contribution in [2.24, 2.45) is 0 Å². The van der Waals surface area contributed by atoms with Crippen molar-refractivity contribution in [1.82, 2.24) is 0 Å². The fourth-order valence-electron chi connectivity index (χ4n) is 3.95. The number of carbonyl (C=O) groups is 2. The Morgan fingerprint density at radius 1 is 0.571 bits per heavy atom. The molecule has 0 radical (unpaired) electrons. The molecular weight excluding hydrogens is 488 g/mol. The van der Waals surface area contributed by atoms with Gasteiger partial charge in [0.05, 0.1) is 6.10 Å². The van der Waals surface area contributed by atoms with Crippen LogP contribution in [-0.4, -0.2) is 155 Å². The first-order valence-corrected chi connectivity index (χ1v) is 10.4. The molecule has 0 bridgehead atoms. The van der Waals surface area contributed by atoms with Gasteiger partial charge < -0.3 is 74.7 Å². The molecule has 3 aliphatic heterocycles. The molecule has 0 aromatic carbocycles. The highest BCUT2D eigenvalue weighted by Gasteiger charge is 2.55. The molecule has 35 heavy (non-hydrogen) atoms. The number of carboxylic acids is 2. The van der Waals surface area contributed by atoms with Crippen LogP contribution in [0.2, 0.25) is 0 Å². The Hall–Kier alpha value is -1.58. The molecule has 0 aromatic rings. The van der Waals surface area contributed by atoms with Gasteiger partial charge in [-0.05, 0) is 6.92 Å². The predicted molar refractivity (Wildman–Crippen MR) is 101 cm³/mol. The van der Waals surface area contributed by atoms with Crippen molar-refractivity contribution in [1.29, 1.82) is 0 Å².